The number of nitrogens with one attached hydrogen (secondary N) is 1. The number of hydrogen-bond donors (Lipinski definition) is 1. The third-order valence-corrected chi connectivity index (χ3v) is 4.05. The SMILES string of the molecule is CCOC(=O)c1ccc(OCC(=O)NCC2CCCCC2)cc1. The molecule has 1 aromatic rings. The highest BCUT2D eigenvalue weighted by molar-refractivity contribution is 5.89. The number of rotatable bonds is 7. The van der Waals surface area contributed by atoms with E-state index in [4.69, 9.17) is 9.47 Å². The summed E-state index contributed by atoms with van der Waals surface area (Å²) in [6.45, 7) is 2.84. The average molecular weight is 319 g/mol. The highest BCUT2D eigenvalue weighted by atomic mass is 16.5. The third kappa shape index (κ3) is 5.93. The van der Waals surface area contributed by atoms with E-state index in [-0.39, 0.29) is 18.5 Å². The van der Waals surface area contributed by atoms with Gasteiger partial charge in [0.1, 0.15) is 5.75 Å². The van der Waals surface area contributed by atoms with Gasteiger partial charge in [-0.3, -0.25) is 4.79 Å². The zero-order valence-electron chi connectivity index (χ0n) is 13.7. The van der Waals surface area contributed by atoms with Gasteiger partial charge < -0.3 is 14.8 Å². The maximum atomic E-state index is 11.8. The standard InChI is InChI=1S/C18H25NO4/c1-2-22-18(21)15-8-10-16(11-9-15)23-13-17(20)19-12-14-6-4-3-5-7-14/h8-11,14H,2-7,12-13H2,1H3,(H,19,20). The Kier molecular flexibility index (Phi) is 6.91. The molecule has 0 spiro atoms. The molecule has 0 bridgehead atoms. The van der Waals surface area contributed by atoms with Crippen molar-refractivity contribution < 1.29 is 19.1 Å². The van der Waals surface area contributed by atoms with Gasteiger partial charge in [-0.25, -0.2) is 4.79 Å². The van der Waals surface area contributed by atoms with Crippen LogP contribution >= 0.6 is 0 Å². The highest BCUT2D eigenvalue weighted by Gasteiger charge is 2.14. The van der Waals surface area contributed by atoms with Crippen molar-refractivity contribution in [3.8, 4) is 5.75 Å². The van der Waals surface area contributed by atoms with Crippen LogP contribution in [0, 0.1) is 5.92 Å². The number of hydrogen-bond acceptors (Lipinski definition) is 4. The van der Waals surface area contributed by atoms with Crippen molar-refractivity contribution in [1.29, 1.82) is 0 Å². The lowest BCUT2D eigenvalue weighted by atomic mass is 9.89. The molecule has 0 heterocycles. The molecule has 1 saturated carbocycles. The minimum Gasteiger partial charge on any atom is -0.484 e. The van der Waals surface area contributed by atoms with Crippen molar-refractivity contribution in [3.05, 3.63) is 29.8 Å². The summed E-state index contributed by atoms with van der Waals surface area (Å²) in [5, 5.41) is 2.93. The second-order valence-corrected chi connectivity index (χ2v) is 5.84. The number of esters is 1. The molecule has 0 radical (unpaired) electrons. The minimum atomic E-state index is -0.357. The minimum absolute atomic E-state index is 0.00846. The molecule has 1 N–H and O–H groups in total. The van der Waals surface area contributed by atoms with Crippen LogP contribution in [0.5, 0.6) is 5.75 Å². The van der Waals surface area contributed by atoms with Gasteiger partial charge in [-0.05, 0) is 49.9 Å². The van der Waals surface area contributed by atoms with E-state index in [1.165, 1.54) is 32.1 Å². The molecule has 126 valence electrons. The zero-order chi connectivity index (χ0) is 16.5. The van der Waals surface area contributed by atoms with Crippen LogP contribution < -0.4 is 10.1 Å². The maximum absolute atomic E-state index is 11.8. The molecule has 0 atom stereocenters. The van der Waals surface area contributed by atoms with Gasteiger partial charge in [-0.15, -0.1) is 0 Å². The number of amides is 1. The molecule has 1 aliphatic rings. The highest BCUT2D eigenvalue weighted by Crippen LogP contribution is 2.22. The molecule has 0 unspecified atom stereocenters. The van der Waals surface area contributed by atoms with Gasteiger partial charge in [0, 0.05) is 6.54 Å². The first-order chi connectivity index (χ1) is 11.2. The predicted octanol–water partition coefficient (Wildman–Crippen LogP) is 2.94. The summed E-state index contributed by atoms with van der Waals surface area (Å²) in [4.78, 5) is 23.3. The Labute approximate surface area is 137 Å². The van der Waals surface area contributed by atoms with Crippen molar-refractivity contribution in [2.45, 2.75) is 39.0 Å². The number of benzene rings is 1. The lowest BCUT2D eigenvalue weighted by Crippen LogP contribution is -2.33. The Balaban J connectivity index is 1.70. The molecular formula is C18H25NO4. The van der Waals surface area contributed by atoms with E-state index in [0.717, 1.165) is 6.54 Å². The summed E-state index contributed by atoms with van der Waals surface area (Å²) < 4.78 is 10.3. The van der Waals surface area contributed by atoms with Crippen LogP contribution in [0.2, 0.25) is 0 Å². The molecule has 0 aliphatic heterocycles. The monoisotopic (exact) mass is 319 g/mol. The van der Waals surface area contributed by atoms with Gasteiger partial charge >= 0.3 is 5.97 Å². The number of carbonyl (C=O) groups is 2. The van der Waals surface area contributed by atoms with E-state index in [1.54, 1.807) is 31.2 Å². The number of carbonyl (C=O) groups excluding carboxylic acids is 2. The summed E-state index contributed by atoms with van der Waals surface area (Å²) in [6.07, 6.45) is 6.26. The maximum Gasteiger partial charge on any atom is 0.338 e. The van der Waals surface area contributed by atoms with Crippen molar-refractivity contribution in [2.75, 3.05) is 19.8 Å². The molecule has 0 aromatic heterocycles. The Morgan fingerprint density at radius 2 is 1.83 bits per heavy atom. The van der Waals surface area contributed by atoms with Crippen molar-refractivity contribution >= 4 is 11.9 Å². The van der Waals surface area contributed by atoms with Gasteiger partial charge in [0.2, 0.25) is 0 Å². The molecule has 1 fully saturated rings. The van der Waals surface area contributed by atoms with Crippen molar-refractivity contribution in [2.24, 2.45) is 5.92 Å². The molecule has 23 heavy (non-hydrogen) atoms. The molecule has 1 aliphatic carbocycles. The van der Waals surface area contributed by atoms with Crippen LogP contribution in [-0.2, 0) is 9.53 Å². The van der Waals surface area contributed by atoms with Gasteiger partial charge in [-0.1, -0.05) is 19.3 Å². The van der Waals surface area contributed by atoms with Crippen molar-refractivity contribution in [3.63, 3.8) is 0 Å². The largest absolute Gasteiger partial charge is 0.484 e. The number of ether oxygens (including phenoxy) is 2. The quantitative estimate of drug-likeness (QED) is 0.785. The van der Waals surface area contributed by atoms with Crippen LogP contribution in [0.4, 0.5) is 0 Å². The normalized spacial score (nSPS) is 15.0. The second-order valence-electron chi connectivity index (χ2n) is 5.84. The van der Waals surface area contributed by atoms with Gasteiger partial charge in [0.05, 0.1) is 12.2 Å². The van der Waals surface area contributed by atoms with E-state index < -0.39 is 0 Å². The van der Waals surface area contributed by atoms with E-state index in [0.29, 0.717) is 23.8 Å². The fourth-order valence-electron chi connectivity index (χ4n) is 2.75. The van der Waals surface area contributed by atoms with Gasteiger partial charge in [-0.2, -0.15) is 0 Å². The van der Waals surface area contributed by atoms with E-state index in [9.17, 15) is 9.59 Å². The Hall–Kier alpha value is -2.04. The summed E-state index contributed by atoms with van der Waals surface area (Å²) in [6, 6.07) is 6.60. The first-order valence-corrected chi connectivity index (χ1v) is 8.35. The molecule has 5 heteroatoms. The molecule has 1 amide bonds. The zero-order valence-corrected chi connectivity index (χ0v) is 13.7. The molecular weight excluding hydrogens is 294 g/mol. The van der Waals surface area contributed by atoms with Crippen LogP contribution in [0.15, 0.2) is 24.3 Å². The molecule has 5 nitrogen and oxygen atoms in total. The lowest BCUT2D eigenvalue weighted by molar-refractivity contribution is -0.123. The Bertz CT molecular complexity index is 506. The Morgan fingerprint density at radius 1 is 1.13 bits per heavy atom. The summed E-state index contributed by atoms with van der Waals surface area (Å²) in [7, 11) is 0. The first-order valence-electron chi connectivity index (χ1n) is 8.35. The molecule has 2 rings (SSSR count). The van der Waals surface area contributed by atoms with Crippen LogP contribution in [0.25, 0.3) is 0 Å². The summed E-state index contributed by atoms with van der Waals surface area (Å²) in [5.41, 5.74) is 0.473. The van der Waals surface area contributed by atoms with E-state index in [2.05, 4.69) is 5.32 Å². The Morgan fingerprint density at radius 3 is 2.48 bits per heavy atom. The topological polar surface area (TPSA) is 64.6 Å². The smallest absolute Gasteiger partial charge is 0.338 e. The molecule has 0 saturated heterocycles. The average Bonchev–Trinajstić information content (AvgIpc) is 2.59. The van der Waals surface area contributed by atoms with Gasteiger partial charge in [0.15, 0.2) is 6.61 Å². The van der Waals surface area contributed by atoms with Crippen molar-refractivity contribution in [1.82, 2.24) is 5.32 Å². The molecule has 1 aromatic carbocycles. The summed E-state index contributed by atoms with van der Waals surface area (Å²) in [5.74, 6) is 0.705. The van der Waals surface area contributed by atoms with Crippen LogP contribution in [-0.4, -0.2) is 31.6 Å². The lowest BCUT2D eigenvalue weighted by Gasteiger charge is -2.21. The predicted molar refractivity (Wildman–Crippen MR) is 87.5 cm³/mol. The summed E-state index contributed by atoms with van der Waals surface area (Å²) >= 11 is 0. The van der Waals surface area contributed by atoms with Crippen LogP contribution in [0.1, 0.15) is 49.4 Å². The van der Waals surface area contributed by atoms with Crippen LogP contribution in [0.3, 0.4) is 0 Å². The first kappa shape index (κ1) is 17.3. The fraction of sp³-hybridized carbons (Fsp3) is 0.556. The second kappa shape index (κ2) is 9.18. The fourth-order valence-corrected chi connectivity index (χ4v) is 2.75. The third-order valence-electron chi connectivity index (χ3n) is 4.05. The van der Waals surface area contributed by atoms with E-state index in [1.807, 2.05) is 0 Å². The van der Waals surface area contributed by atoms with Gasteiger partial charge in [0.25, 0.3) is 5.91 Å². The van der Waals surface area contributed by atoms with E-state index >= 15 is 0 Å².